The third-order valence-electron chi connectivity index (χ3n) is 1.80. The maximum Gasteiger partial charge on any atom is 0.135 e. The van der Waals surface area contributed by atoms with Gasteiger partial charge in [-0.1, -0.05) is 12.6 Å². The zero-order valence-electron chi connectivity index (χ0n) is 7.83. The summed E-state index contributed by atoms with van der Waals surface area (Å²) < 4.78 is 0. The Morgan fingerprint density at radius 3 is 2.67 bits per heavy atom. The summed E-state index contributed by atoms with van der Waals surface area (Å²) in [5.41, 5.74) is 2.37. The Balaban J connectivity index is 3.09. The lowest BCUT2D eigenvalue weighted by Crippen LogP contribution is -2.10. The van der Waals surface area contributed by atoms with E-state index in [1.807, 2.05) is 25.1 Å². The summed E-state index contributed by atoms with van der Waals surface area (Å²) >= 11 is 0. The molecule has 64 valence electrons. The minimum Gasteiger partial charge on any atom is -0.336 e. The van der Waals surface area contributed by atoms with Gasteiger partial charge in [0.05, 0.1) is 0 Å². The van der Waals surface area contributed by atoms with E-state index in [1.165, 1.54) is 11.1 Å². The van der Waals surface area contributed by atoms with Crippen LogP contribution in [0.2, 0.25) is 0 Å². The molecule has 0 aliphatic rings. The summed E-state index contributed by atoms with van der Waals surface area (Å²) in [5.74, 6) is 0.968. The Labute approximate surface area is 73.5 Å². The van der Waals surface area contributed by atoms with Crippen molar-refractivity contribution in [2.75, 3.05) is 11.9 Å². The fourth-order valence-corrected chi connectivity index (χ4v) is 1.16. The molecule has 1 aromatic rings. The van der Waals surface area contributed by atoms with Crippen LogP contribution in [-0.2, 0) is 0 Å². The monoisotopic (exact) mass is 162 g/mol. The molecule has 0 saturated heterocycles. The van der Waals surface area contributed by atoms with Crippen LogP contribution in [0.15, 0.2) is 25.0 Å². The SMILES string of the molecule is C=CN(C)c1ncc(C)cc1C. The largest absolute Gasteiger partial charge is 0.336 e. The maximum absolute atomic E-state index is 4.30. The van der Waals surface area contributed by atoms with Gasteiger partial charge in [0.15, 0.2) is 0 Å². The molecule has 0 aliphatic heterocycles. The van der Waals surface area contributed by atoms with Crippen LogP contribution in [0, 0.1) is 13.8 Å². The molecule has 0 saturated carbocycles. The van der Waals surface area contributed by atoms with E-state index < -0.39 is 0 Å². The van der Waals surface area contributed by atoms with Crippen LogP contribution in [-0.4, -0.2) is 12.0 Å². The van der Waals surface area contributed by atoms with Crippen molar-refractivity contribution in [2.45, 2.75) is 13.8 Å². The van der Waals surface area contributed by atoms with E-state index in [4.69, 9.17) is 0 Å². The summed E-state index contributed by atoms with van der Waals surface area (Å²) in [6.07, 6.45) is 3.62. The van der Waals surface area contributed by atoms with Gasteiger partial charge in [0.2, 0.25) is 0 Å². The van der Waals surface area contributed by atoms with Crippen molar-refractivity contribution in [1.82, 2.24) is 4.98 Å². The van der Waals surface area contributed by atoms with Crippen molar-refractivity contribution in [2.24, 2.45) is 0 Å². The second kappa shape index (κ2) is 3.39. The molecule has 2 heteroatoms. The fourth-order valence-electron chi connectivity index (χ4n) is 1.16. The summed E-state index contributed by atoms with van der Waals surface area (Å²) in [6.45, 7) is 7.78. The number of aryl methyl sites for hydroxylation is 2. The highest BCUT2D eigenvalue weighted by Gasteiger charge is 2.01. The molecule has 0 N–H and O–H groups in total. The van der Waals surface area contributed by atoms with E-state index in [2.05, 4.69) is 24.6 Å². The quantitative estimate of drug-likeness (QED) is 0.663. The fraction of sp³-hybridized carbons (Fsp3) is 0.300. The molecule has 1 rings (SSSR count). The minimum atomic E-state index is 0.968. The summed E-state index contributed by atoms with van der Waals surface area (Å²) in [4.78, 5) is 6.21. The molecule has 12 heavy (non-hydrogen) atoms. The molecule has 0 unspecified atom stereocenters. The maximum atomic E-state index is 4.30. The van der Waals surface area contributed by atoms with Crippen LogP contribution in [0.3, 0.4) is 0 Å². The zero-order valence-corrected chi connectivity index (χ0v) is 7.83. The molecule has 0 aliphatic carbocycles. The molecule has 0 aromatic carbocycles. The van der Waals surface area contributed by atoms with Gasteiger partial charge in [0, 0.05) is 13.2 Å². The van der Waals surface area contributed by atoms with Gasteiger partial charge in [0.25, 0.3) is 0 Å². The molecule has 0 amide bonds. The normalized spacial score (nSPS) is 9.58. The molecule has 0 fully saturated rings. The van der Waals surface area contributed by atoms with Crippen molar-refractivity contribution in [3.8, 4) is 0 Å². The van der Waals surface area contributed by atoms with Gasteiger partial charge in [0.1, 0.15) is 5.82 Å². The van der Waals surface area contributed by atoms with Gasteiger partial charge in [-0.25, -0.2) is 4.98 Å². The Morgan fingerprint density at radius 2 is 2.17 bits per heavy atom. The van der Waals surface area contributed by atoms with Crippen LogP contribution in [0.4, 0.5) is 5.82 Å². The zero-order chi connectivity index (χ0) is 9.14. The number of anilines is 1. The van der Waals surface area contributed by atoms with Crippen molar-refractivity contribution in [3.05, 3.63) is 36.2 Å². The second-order valence-corrected chi connectivity index (χ2v) is 2.95. The van der Waals surface area contributed by atoms with Gasteiger partial charge < -0.3 is 4.90 Å². The van der Waals surface area contributed by atoms with E-state index in [0.29, 0.717) is 0 Å². The summed E-state index contributed by atoms with van der Waals surface area (Å²) in [6, 6.07) is 2.11. The van der Waals surface area contributed by atoms with Crippen molar-refractivity contribution in [3.63, 3.8) is 0 Å². The molecule has 0 bridgehead atoms. The number of aromatic nitrogens is 1. The second-order valence-electron chi connectivity index (χ2n) is 2.95. The van der Waals surface area contributed by atoms with Crippen molar-refractivity contribution < 1.29 is 0 Å². The average Bonchev–Trinajstić information content (AvgIpc) is 2.03. The molecular formula is C10H14N2. The number of hydrogen-bond acceptors (Lipinski definition) is 2. The van der Waals surface area contributed by atoms with Crippen LogP contribution in [0.1, 0.15) is 11.1 Å². The van der Waals surface area contributed by atoms with E-state index in [0.717, 1.165) is 5.82 Å². The Morgan fingerprint density at radius 1 is 1.50 bits per heavy atom. The van der Waals surface area contributed by atoms with Crippen LogP contribution >= 0.6 is 0 Å². The van der Waals surface area contributed by atoms with Gasteiger partial charge in [-0.3, -0.25) is 0 Å². The van der Waals surface area contributed by atoms with Crippen LogP contribution < -0.4 is 4.90 Å². The molecule has 1 aromatic heterocycles. The van der Waals surface area contributed by atoms with E-state index in [9.17, 15) is 0 Å². The predicted molar refractivity (Wildman–Crippen MR) is 52.3 cm³/mol. The lowest BCUT2D eigenvalue weighted by molar-refractivity contribution is 1.09. The van der Waals surface area contributed by atoms with Gasteiger partial charge in [-0.15, -0.1) is 0 Å². The summed E-state index contributed by atoms with van der Waals surface area (Å²) in [5, 5.41) is 0. The Hall–Kier alpha value is -1.31. The van der Waals surface area contributed by atoms with E-state index in [1.54, 1.807) is 6.20 Å². The number of hydrogen-bond donors (Lipinski definition) is 0. The molecule has 2 nitrogen and oxygen atoms in total. The smallest absolute Gasteiger partial charge is 0.135 e. The first-order valence-corrected chi connectivity index (χ1v) is 3.94. The molecule has 1 heterocycles. The molecule has 0 atom stereocenters. The number of rotatable bonds is 2. The van der Waals surface area contributed by atoms with Crippen LogP contribution in [0.25, 0.3) is 0 Å². The summed E-state index contributed by atoms with van der Waals surface area (Å²) in [7, 11) is 1.94. The molecule has 0 radical (unpaired) electrons. The van der Waals surface area contributed by atoms with Gasteiger partial charge >= 0.3 is 0 Å². The topological polar surface area (TPSA) is 16.1 Å². The third-order valence-corrected chi connectivity index (χ3v) is 1.80. The highest BCUT2D eigenvalue weighted by atomic mass is 15.1. The number of pyridine rings is 1. The minimum absolute atomic E-state index is 0.968. The van der Waals surface area contributed by atoms with Crippen molar-refractivity contribution in [1.29, 1.82) is 0 Å². The van der Waals surface area contributed by atoms with Crippen molar-refractivity contribution >= 4 is 5.82 Å². The van der Waals surface area contributed by atoms with E-state index >= 15 is 0 Å². The van der Waals surface area contributed by atoms with E-state index in [-0.39, 0.29) is 0 Å². The highest BCUT2D eigenvalue weighted by molar-refractivity contribution is 5.48. The first kappa shape index (κ1) is 8.78. The van der Waals surface area contributed by atoms with Crippen LogP contribution in [0.5, 0.6) is 0 Å². The Bertz CT molecular complexity index is 292. The number of nitrogens with zero attached hydrogens (tertiary/aromatic N) is 2. The lowest BCUT2D eigenvalue weighted by atomic mass is 10.2. The highest BCUT2D eigenvalue weighted by Crippen LogP contribution is 2.15. The predicted octanol–water partition coefficient (Wildman–Crippen LogP) is 2.28. The van der Waals surface area contributed by atoms with Gasteiger partial charge in [-0.05, 0) is 31.2 Å². The average molecular weight is 162 g/mol. The lowest BCUT2D eigenvalue weighted by Gasteiger charge is -2.14. The standard InChI is InChI=1S/C10H14N2/c1-5-12(4)10-9(3)6-8(2)7-11-10/h5-7H,1H2,2-4H3. The first-order chi connectivity index (χ1) is 5.65. The van der Waals surface area contributed by atoms with Gasteiger partial charge in [-0.2, -0.15) is 0 Å². The first-order valence-electron chi connectivity index (χ1n) is 3.94. The molecule has 0 spiro atoms. The third kappa shape index (κ3) is 1.64. The Kier molecular flexibility index (Phi) is 2.48. The molecular weight excluding hydrogens is 148 g/mol.